The van der Waals surface area contributed by atoms with E-state index in [1.54, 1.807) is 6.07 Å². The third-order valence-corrected chi connectivity index (χ3v) is 3.22. The molecule has 0 bridgehead atoms. The number of nitrogens with two attached hydrogens (primary N) is 1. The Morgan fingerprint density at radius 3 is 2.32 bits per heavy atom. The van der Waals surface area contributed by atoms with Crippen LogP contribution in [0.2, 0.25) is 5.02 Å². The first-order valence-electron chi connectivity index (χ1n) is 6.38. The van der Waals surface area contributed by atoms with Crippen LogP contribution in [-0.4, -0.2) is 10.5 Å². The van der Waals surface area contributed by atoms with Gasteiger partial charge in [-0.25, -0.2) is 0 Å². The fraction of sp³-hybridized carbons (Fsp3) is 0.533. The molecule has 0 amide bonds. The summed E-state index contributed by atoms with van der Waals surface area (Å²) in [5, 5.41) is 4.10. The van der Waals surface area contributed by atoms with E-state index in [0.717, 1.165) is 17.7 Å². The summed E-state index contributed by atoms with van der Waals surface area (Å²) >= 11 is 11.3. The Morgan fingerprint density at radius 1 is 1.26 bits per heavy atom. The molecule has 0 radical (unpaired) electrons. The minimum atomic E-state index is -0.0670. The van der Waals surface area contributed by atoms with Crippen LogP contribution in [0, 0.1) is 5.41 Å². The predicted molar refractivity (Wildman–Crippen MR) is 89.1 cm³/mol. The van der Waals surface area contributed by atoms with Gasteiger partial charge in [-0.1, -0.05) is 50.7 Å². The van der Waals surface area contributed by atoms with Crippen LogP contribution in [0.25, 0.3) is 0 Å². The molecule has 0 atom stereocenters. The number of hydrogen-bond donors (Lipinski definition) is 2. The zero-order chi connectivity index (χ0) is 14.8. The highest BCUT2D eigenvalue weighted by molar-refractivity contribution is 7.80. The number of nitrogens with one attached hydrogen (secondary N) is 1. The van der Waals surface area contributed by atoms with Gasteiger partial charge in [0.25, 0.3) is 0 Å². The quantitative estimate of drug-likeness (QED) is 0.798. The molecular formula is C15H23ClN2S. The number of halogens is 1. The lowest BCUT2D eigenvalue weighted by Gasteiger charge is -2.35. The van der Waals surface area contributed by atoms with Crippen LogP contribution in [0.5, 0.6) is 0 Å². The first-order valence-corrected chi connectivity index (χ1v) is 7.17. The van der Waals surface area contributed by atoms with Gasteiger partial charge in [-0.2, -0.15) is 0 Å². The molecule has 1 aromatic carbocycles. The predicted octanol–water partition coefficient (Wildman–Crippen LogP) is 4.60. The number of anilines is 1. The summed E-state index contributed by atoms with van der Waals surface area (Å²) < 4.78 is 0. The first-order chi connectivity index (χ1) is 8.52. The van der Waals surface area contributed by atoms with Crippen molar-refractivity contribution in [3.05, 3.63) is 28.8 Å². The Balaban J connectivity index is 3.06. The van der Waals surface area contributed by atoms with Crippen LogP contribution in [0.3, 0.4) is 0 Å². The minimum Gasteiger partial charge on any atom is -0.389 e. The third-order valence-electron chi connectivity index (χ3n) is 2.71. The minimum absolute atomic E-state index is 0.0670. The maximum Gasteiger partial charge on any atom is 0.107 e. The summed E-state index contributed by atoms with van der Waals surface area (Å²) in [6, 6.07) is 5.67. The summed E-state index contributed by atoms with van der Waals surface area (Å²) in [4.78, 5) is 0.319. The molecule has 0 aliphatic carbocycles. The zero-order valence-corrected chi connectivity index (χ0v) is 13.9. The van der Waals surface area contributed by atoms with E-state index in [0.29, 0.717) is 10.0 Å². The molecule has 1 rings (SSSR count). The average Bonchev–Trinajstić information content (AvgIpc) is 2.11. The van der Waals surface area contributed by atoms with E-state index in [4.69, 9.17) is 29.6 Å². The van der Waals surface area contributed by atoms with Crippen LogP contribution in [0.4, 0.5) is 5.69 Å². The average molecular weight is 299 g/mol. The monoisotopic (exact) mass is 298 g/mol. The molecule has 1 aromatic rings. The lowest BCUT2D eigenvalue weighted by atomic mass is 9.81. The largest absolute Gasteiger partial charge is 0.389 e. The molecule has 0 saturated carbocycles. The molecule has 0 aromatic heterocycles. The van der Waals surface area contributed by atoms with Crippen LogP contribution in [0.1, 0.15) is 46.6 Å². The second-order valence-electron chi connectivity index (χ2n) is 6.77. The van der Waals surface area contributed by atoms with Crippen molar-refractivity contribution in [1.82, 2.24) is 0 Å². The van der Waals surface area contributed by atoms with Crippen molar-refractivity contribution in [2.24, 2.45) is 11.1 Å². The van der Waals surface area contributed by atoms with Crippen molar-refractivity contribution in [2.45, 2.75) is 46.6 Å². The zero-order valence-electron chi connectivity index (χ0n) is 12.3. The van der Waals surface area contributed by atoms with Gasteiger partial charge in [-0.3, -0.25) is 0 Å². The Morgan fingerprint density at radius 2 is 1.84 bits per heavy atom. The van der Waals surface area contributed by atoms with Gasteiger partial charge < -0.3 is 11.1 Å². The van der Waals surface area contributed by atoms with Gasteiger partial charge in [-0.05, 0) is 37.8 Å². The van der Waals surface area contributed by atoms with E-state index >= 15 is 0 Å². The van der Waals surface area contributed by atoms with Crippen LogP contribution < -0.4 is 11.1 Å². The van der Waals surface area contributed by atoms with Crippen LogP contribution in [-0.2, 0) is 0 Å². The molecule has 0 spiro atoms. The van der Waals surface area contributed by atoms with Gasteiger partial charge in [0.05, 0.1) is 10.6 Å². The van der Waals surface area contributed by atoms with Crippen molar-refractivity contribution in [2.75, 3.05) is 5.32 Å². The van der Waals surface area contributed by atoms with Gasteiger partial charge >= 0.3 is 0 Å². The van der Waals surface area contributed by atoms with Crippen molar-refractivity contribution in [3.8, 4) is 0 Å². The SMILES string of the molecule is CC(C)(C)CC(C)(C)Nc1cccc(Cl)c1C(N)=S. The molecule has 0 aliphatic heterocycles. The standard InChI is InChI=1S/C15H23ClN2S/c1-14(2,3)9-15(4,5)18-11-8-6-7-10(16)12(11)13(17)19/h6-8,18H,9H2,1-5H3,(H2,17,19). The topological polar surface area (TPSA) is 38.0 Å². The first kappa shape index (κ1) is 16.3. The molecular weight excluding hydrogens is 276 g/mol. The van der Waals surface area contributed by atoms with E-state index in [9.17, 15) is 0 Å². The fourth-order valence-electron chi connectivity index (χ4n) is 2.61. The molecule has 0 aliphatic rings. The molecule has 0 unspecified atom stereocenters. The number of hydrogen-bond acceptors (Lipinski definition) is 2. The summed E-state index contributed by atoms with van der Waals surface area (Å²) in [6.45, 7) is 11.0. The Kier molecular flexibility index (Phi) is 4.86. The van der Waals surface area contributed by atoms with Crippen LogP contribution in [0.15, 0.2) is 18.2 Å². The van der Waals surface area contributed by atoms with E-state index in [2.05, 4.69) is 39.9 Å². The lowest BCUT2D eigenvalue weighted by molar-refractivity contribution is 0.302. The summed E-state index contributed by atoms with van der Waals surface area (Å²) in [5.74, 6) is 0. The Bertz CT molecular complexity index is 476. The number of rotatable bonds is 4. The normalized spacial score (nSPS) is 12.3. The molecule has 2 nitrogen and oxygen atoms in total. The maximum absolute atomic E-state index is 6.18. The molecule has 106 valence electrons. The van der Waals surface area contributed by atoms with Gasteiger partial charge in [0.2, 0.25) is 0 Å². The van der Waals surface area contributed by atoms with Crippen molar-refractivity contribution in [3.63, 3.8) is 0 Å². The van der Waals surface area contributed by atoms with Crippen molar-refractivity contribution < 1.29 is 0 Å². The van der Waals surface area contributed by atoms with Gasteiger partial charge in [0.15, 0.2) is 0 Å². The lowest BCUT2D eigenvalue weighted by Crippen LogP contribution is -2.36. The molecule has 19 heavy (non-hydrogen) atoms. The number of thiocarbonyl (C=S) groups is 1. The van der Waals surface area contributed by atoms with Gasteiger partial charge in [0.1, 0.15) is 4.99 Å². The molecule has 0 heterocycles. The van der Waals surface area contributed by atoms with Gasteiger partial charge in [0, 0.05) is 11.2 Å². The van der Waals surface area contributed by atoms with E-state index in [1.165, 1.54) is 0 Å². The molecule has 4 heteroatoms. The van der Waals surface area contributed by atoms with E-state index in [1.807, 2.05) is 12.1 Å². The maximum atomic E-state index is 6.18. The second-order valence-corrected chi connectivity index (χ2v) is 7.62. The highest BCUT2D eigenvalue weighted by atomic mass is 35.5. The smallest absolute Gasteiger partial charge is 0.107 e. The molecule has 0 saturated heterocycles. The molecule has 3 N–H and O–H groups in total. The third kappa shape index (κ3) is 5.00. The van der Waals surface area contributed by atoms with E-state index in [-0.39, 0.29) is 11.0 Å². The Labute approximate surface area is 126 Å². The summed E-state index contributed by atoms with van der Waals surface area (Å²) in [7, 11) is 0. The van der Waals surface area contributed by atoms with Crippen molar-refractivity contribution >= 4 is 34.5 Å². The summed E-state index contributed by atoms with van der Waals surface area (Å²) in [6.07, 6.45) is 1.02. The van der Waals surface area contributed by atoms with Crippen molar-refractivity contribution in [1.29, 1.82) is 0 Å². The van der Waals surface area contributed by atoms with Crippen LogP contribution >= 0.6 is 23.8 Å². The second kappa shape index (κ2) is 5.68. The number of benzene rings is 1. The molecule has 0 fully saturated rings. The Hall–Kier alpha value is -0.800. The fourth-order valence-corrected chi connectivity index (χ4v) is 3.17. The van der Waals surface area contributed by atoms with E-state index < -0.39 is 0 Å². The highest BCUT2D eigenvalue weighted by Crippen LogP contribution is 2.32. The highest BCUT2D eigenvalue weighted by Gasteiger charge is 2.26. The summed E-state index contributed by atoms with van der Waals surface area (Å²) in [5.41, 5.74) is 7.56. The van der Waals surface area contributed by atoms with Gasteiger partial charge in [-0.15, -0.1) is 0 Å².